The van der Waals surface area contributed by atoms with Gasteiger partial charge in [-0.1, -0.05) is 31.2 Å². The Morgan fingerprint density at radius 1 is 1.17 bits per heavy atom. The summed E-state index contributed by atoms with van der Waals surface area (Å²) >= 11 is 0. The summed E-state index contributed by atoms with van der Waals surface area (Å²) in [7, 11) is 0. The molecule has 1 atom stereocenters. The van der Waals surface area contributed by atoms with E-state index in [0.29, 0.717) is 12.5 Å². The quantitative estimate of drug-likeness (QED) is 0.678. The normalized spacial score (nSPS) is 23.5. The van der Waals surface area contributed by atoms with Crippen molar-refractivity contribution in [3.63, 3.8) is 0 Å². The lowest BCUT2D eigenvalue weighted by molar-refractivity contribution is 0.0674. The van der Waals surface area contributed by atoms with E-state index in [2.05, 4.69) is 46.0 Å². The monoisotopic (exact) mass is 330 g/mol. The lowest BCUT2D eigenvalue weighted by Crippen LogP contribution is -2.44. The molecule has 1 aromatic rings. The number of likely N-dealkylation sites (tertiary alicyclic amines) is 1. The van der Waals surface area contributed by atoms with E-state index in [4.69, 9.17) is 10.5 Å². The summed E-state index contributed by atoms with van der Waals surface area (Å²) in [5, 5.41) is 0. The van der Waals surface area contributed by atoms with Gasteiger partial charge in [-0.25, -0.2) is 4.99 Å². The van der Waals surface area contributed by atoms with Crippen LogP contribution in [0.25, 0.3) is 0 Å². The Labute approximate surface area is 145 Å². The molecule has 5 nitrogen and oxygen atoms in total. The predicted octanol–water partition coefficient (Wildman–Crippen LogP) is 2.07. The number of nitrogens with zero attached hydrogens (tertiary/aromatic N) is 3. The van der Waals surface area contributed by atoms with E-state index in [-0.39, 0.29) is 0 Å². The first kappa shape index (κ1) is 17.2. The standard InChI is InChI=1S/C19H30N4O/c1-16-3-2-8-22(14-16)15-18-6-4-17(5-7-18)13-21-19(20)23-9-11-24-12-10-23/h4-7,16H,2-3,8-15H2,1H3,(H2,20,21). The number of ether oxygens (including phenoxy) is 1. The topological polar surface area (TPSA) is 54.1 Å². The highest BCUT2D eigenvalue weighted by molar-refractivity contribution is 5.78. The highest BCUT2D eigenvalue weighted by Crippen LogP contribution is 2.18. The summed E-state index contributed by atoms with van der Waals surface area (Å²) in [6, 6.07) is 8.82. The van der Waals surface area contributed by atoms with Crippen LogP contribution >= 0.6 is 0 Å². The van der Waals surface area contributed by atoms with Crippen LogP contribution < -0.4 is 5.73 Å². The third kappa shape index (κ3) is 4.95. The number of benzene rings is 1. The molecule has 2 heterocycles. The third-order valence-electron chi connectivity index (χ3n) is 4.93. The van der Waals surface area contributed by atoms with Crippen molar-refractivity contribution in [2.45, 2.75) is 32.9 Å². The first-order valence-electron chi connectivity index (χ1n) is 9.13. The van der Waals surface area contributed by atoms with E-state index in [1.54, 1.807) is 0 Å². The number of morpholine rings is 1. The molecule has 3 rings (SSSR count). The van der Waals surface area contributed by atoms with E-state index in [1.807, 2.05) is 0 Å². The molecule has 0 spiro atoms. The van der Waals surface area contributed by atoms with Gasteiger partial charge in [-0.2, -0.15) is 0 Å². The average molecular weight is 330 g/mol. The van der Waals surface area contributed by atoms with Gasteiger partial charge in [0.15, 0.2) is 5.96 Å². The molecule has 2 aliphatic rings. The molecular weight excluding hydrogens is 300 g/mol. The van der Waals surface area contributed by atoms with E-state index in [0.717, 1.165) is 38.8 Å². The summed E-state index contributed by atoms with van der Waals surface area (Å²) in [6.07, 6.45) is 2.70. The van der Waals surface area contributed by atoms with Gasteiger partial charge < -0.3 is 15.4 Å². The highest BCUT2D eigenvalue weighted by atomic mass is 16.5. The van der Waals surface area contributed by atoms with Crippen molar-refractivity contribution in [2.75, 3.05) is 39.4 Å². The zero-order valence-electron chi connectivity index (χ0n) is 14.8. The smallest absolute Gasteiger partial charge is 0.191 e. The first-order chi connectivity index (χ1) is 11.7. The number of hydrogen-bond donors (Lipinski definition) is 1. The average Bonchev–Trinajstić information content (AvgIpc) is 2.62. The van der Waals surface area contributed by atoms with Gasteiger partial charge in [0, 0.05) is 26.2 Å². The van der Waals surface area contributed by atoms with Crippen LogP contribution in [0.4, 0.5) is 0 Å². The SMILES string of the molecule is CC1CCCN(Cc2ccc(CN=C(N)N3CCOCC3)cc2)C1. The lowest BCUT2D eigenvalue weighted by atomic mass is 9.99. The zero-order chi connectivity index (χ0) is 16.8. The molecule has 0 radical (unpaired) electrons. The van der Waals surface area contributed by atoms with Crippen molar-refractivity contribution >= 4 is 5.96 Å². The summed E-state index contributed by atoms with van der Waals surface area (Å²) < 4.78 is 5.34. The Morgan fingerprint density at radius 2 is 1.88 bits per heavy atom. The van der Waals surface area contributed by atoms with Crippen LogP contribution in [0.2, 0.25) is 0 Å². The zero-order valence-corrected chi connectivity index (χ0v) is 14.8. The van der Waals surface area contributed by atoms with E-state index in [1.165, 1.54) is 37.1 Å². The minimum Gasteiger partial charge on any atom is -0.378 e. The molecule has 1 unspecified atom stereocenters. The minimum absolute atomic E-state index is 0.629. The molecule has 2 aliphatic heterocycles. The molecule has 5 heteroatoms. The molecule has 1 aromatic carbocycles. The molecule has 0 saturated carbocycles. The van der Waals surface area contributed by atoms with Gasteiger partial charge in [-0.05, 0) is 36.4 Å². The van der Waals surface area contributed by atoms with Crippen LogP contribution in [-0.4, -0.2) is 55.2 Å². The molecule has 2 fully saturated rings. The van der Waals surface area contributed by atoms with E-state index >= 15 is 0 Å². The molecule has 0 bridgehead atoms. The van der Waals surface area contributed by atoms with Crippen LogP contribution in [0.1, 0.15) is 30.9 Å². The second-order valence-corrected chi connectivity index (χ2v) is 7.07. The van der Waals surface area contributed by atoms with Crippen molar-refractivity contribution < 1.29 is 4.74 Å². The van der Waals surface area contributed by atoms with Crippen LogP contribution in [-0.2, 0) is 17.8 Å². The van der Waals surface area contributed by atoms with Gasteiger partial charge in [0.1, 0.15) is 0 Å². The number of nitrogens with two attached hydrogens (primary N) is 1. The first-order valence-corrected chi connectivity index (χ1v) is 9.13. The maximum atomic E-state index is 6.08. The molecule has 0 aliphatic carbocycles. The Hall–Kier alpha value is -1.59. The Morgan fingerprint density at radius 3 is 2.58 bits per heavy atom. The second-order valence-electron chi connectivity index (χ2n) is 7.07. The Kier molecular flexibility index (Phi) is 6.10. The molecule has 0 amide bonds. The maximum absolute atomic E-state index is 6.08. The third-order valence-corrected chi connectivity index (χ3v) is 4.93. The van der Waals surface area contributed by atoms with Crippen molar-refractivity contribution in [1.82, 2.24) is 9.80 Å². The fraction of sp³-hybridized carbons (Fsp3) is 0.632. The predicted molar refractivity (Wildman–Crippen MR) is 97.8 cm³/mol. The Balaban J connectivity index is 1.50. The lowest BCUT2D eigenvalue weighted by Gasteiger charge is -2.30. The molecule has 0 aromatic heterocycles. The van der Waals surface area contributed by atoms with Crippen molar-refractivity contribution in [1.29, 1.82) is 0 Å². The number of aliphatic imine (C=N–C) groups is 1. The van der Waals surface area contributed by atoms with Crippen LogP contribution in [0.3, 0.4) is 0 Å². The summed E-state index contributed by atoms with van der Waals surface area (Å²) in [6.45, 7) is 9.65. The van der Waals surface area contributed by atoms with Crippen LogP contribution in [0, 0.1) is 5.92 Å². The van der Waals surface area contributed by atoms with Crippen molar-refractivity contribution in [3.05, 3.63) is 35.4 Å². The van der Waals surface area contributed by atoms with Crippen LogP contribution in [0.5, 0.6) is 0 Å². The second kappa shape index (κ2) is 8.49. The van der Waals surface area contributed by atoms with Gasteiger partial charge in [-0.15, -0.1) is 0 Å². The largest absolute Gasteiger partial charge is 0.378 e. The highest BCUT2D eigenvalue weighted by Gasteiger charge is 2.16. The van der Waals surface area contributed by atoms with Gasteiger partial charge in [-0.3, -0.25) is 4.90 Å². The summed E-state index contributed by atoms with van der Waals surface area (Å²) in [5.74, 6) is 1.46. The summed E-state index contributed by atoms with van der Waals surface area (Å²) in [5.41, 5.74) is 8.67. The molecule has 2 saturated heterocycles. The van der Waals surface area contributed by atoms with Crippen molar-refractivity contribution in [3.8, 4) is 0 Å². The minimum atomic E-state index is 0.629. The van der Waals surface area contributed by atoms with Gasteiger partial charge in [0.05, 0.1) is 19.8 Å². The van der Waals surface area contributed by atoms with Gasteiger partial charge in [0.25, 0.3) is 0 Å². The fourth-order valence-corrected chi connectivity index (χ4v) is 3.50. The van der Waals surface area contributed by atoms with Gasteiger partial charge in [0.2, 0.25) is 0 Å². The summed E-state index contributed by atoms with van der Waals surface area (Å²) in [4.78, 5) is 9.19. The number of hydrogen-bond acceptors (Lipinski definition) is 3. The fourth-order valence-electron chi connectivity index (χ4n) is 3.50. The number of piperidine rings is 1. The molecule has 24 heavy (non-hydrogen) atoms. The molecular formula is C19H30N4O. The molecule has 132 valence electrons. The maximum Gasteiger partial charge on any atom is 0.191 e. The van der Waals surface area contributed by atoms with E-state index in [9.17, 15) is 0 Å². The number of rotatable bonds is 4. The van der Waals surface area contributed by atoms with Crippen LogP contribution in [0.15, 0.2) is 29.3 Å². The van der Waals surface area contributed by atoms with E-state index < -0.39 is 0 Å². The van der Waals surface area contributed by atoms with Gasteiger partial charge >= 0.3 is 0 Å². The van der Waals surface area contributed by atoms with Crippen molar-refractivity contribution in [2.24, 2.45) is 16.6 Å². The number of guanidine groups is 1. The Bertz CT molecular complexity index is 537. The molecule has 2 N–H and O–H groups in total.